The van der Waals surface area contributed by atoms with Gasteiger partial charge in [-0.3, -0.25) is 0 Å². The maximum Gasteiger partial charge on any atom is 0.338 e. The summed E-state index contributed by atoms with van der Waals surface area (Å²) in [4.78, 5) is 17.9. The molecule has 1 aliphatic rings. The molecule has 1 aliphatic heterocycles. The molecule has 1 atom stereocenters. The highest BCUT2D eigenvalue weighted by molar-refractivity contribution is 7.99. The summed E-state index contributed by atoms with van der Waals surface area (Å²) in [7, 11) is 0. The summed E-state index contributed by atoms with van der Waals surface area (Å²) >= 11 is 1.62. The van der Waals surface area contributed by atoms with Gasteiger partial charge in [-0.2, -0.15) is 4.98 Å². The van der Waals surface area contributed by atoms with Gasteiger partial charge < -0.3 is 14.8 Å². The van der Waals surface area contributed by atoms with Crippen LogP contribution in [0.4, 0.5) is 5.95 Å². The predicted molar refractivity (Wildman–Crippen MR) is 139 cm³/mol. The van der Waals surface area contributed by atoms with Crippen LogP contribution in [-0.2, 0) is 16.1 Å². The van der Waals surface area contributed by atoms with Crippen molar-refractivity contribution in [3.63, 3.8) is 0 Å². The number of thioether (sulfide) groups is 1. The predicted octanol–water partition coefficient (Wildman–Crippen LogP) is 5.99. The highest BCUT2D eigenvalue weighted by Crippen LogP contribution is 2.40. The van der Waals surface area contributed by atoms with Gasteiger partial charge in [0.15, 0.2) is 0 Å². The molecule has 0 bridgehead atoms. The van der Waals surface area contributed by atoms with Gasteiger partial charge in [-0.05, 0) is 31.4 Å². The van der Waals surface area contributed by atoms with E-state index in [2.05, 4.69) is 12.2 Å². The molecule has 2 aromatic carbocycles. The van der Waals surface area contributed by atoms with Gasteiger partial charge in [0.1, 0.15) is 18.4 Å². The number of hydrogen-bond acceptors (Lipinski definition) is 7. The number of nitrogens with zero attached hydrogens (tertiary/aromatic N) is 3. The molecule has 0 saturated carbocycles. The number of hydrogen-bond donors (Lipinski definition) is 1. The lowest BCUT2D eigenvalue weighted by Crippen LogP contribution is -2.30. The molecule has 0 spiro atoms. The van der Waals surface area contributed by atoms with Crippen LogP contribution < -0.4 is 10.1 Å². The first-order chi connectivity index (χ1) is 17.1. The number of ether oxygens (including phenoxy) is 2. The minimum Gasteiger partial charge on any atom is -0.489 e. The molecule has 0 fully saturated rings. The van der Waals surface area contributed by atoms with Gasteiger partial charge in [-0.1, -0.05) is 80.6 Å². The summed E-state index contributed by atoms with van der Waals surface area (Å²) in [6, 6.07) is 17.3. The minimum atomic E-state index is -0.518. The highest BCUT2D eigenvalue weighted by atomic mass is 32.2. The Labute approximate surface area is 210 Å². The lowest BCUT2D eigenvalue weighted by molar-refractivity contribution is -0.139. The number of unbranched alkanes of at least 4 members (excludes halogenated alkanes) is 1. The van der Waals surface area contributed by atoms with E-state index in [9.17, 15) is 4.79 Å². The fourth-order valence-corrected chi connectivity index (χ4v) is 4.81. The topological polar surface area (TPSA) is 78.3 Å². The van der Waals surface area contributed by atoms with Gasteiger partial charge in [-0.15, -0.1) is 5.10 Å². The number of carbonyl (C=O) groups excluding carboxylic acids is 1. The Morgan fingerprint density at radius 3 is 2.63 bits per heavy atom. The molecule has 3 aromatic rings. The van der Waals surface area contributed by atoms with Crippen LogP contribution in [0.1, 0.15) is 57.2 Å². The molecule has 184 valence electrons. The van der Waals surface area contributed by atoms with Gasteiger partial charge in [0, 0.05) is 17.0 Å². The van der Waals surface area contributed by atoms with Crippen LogP contribution in [0.3, 0.4) is 0 Å². The van der Waals surface area contributed by atoms with Crippen molar-refractivity contribution < 1.29 is 14.3 Å². The molecule has 0 saturated heterocycles. The van der Waals surface area contributed by atoms with Crippen molar-refractivity contribution in [2.45, 2.75) is 57.8 Å². The summed E-state index contributed by atoms with van der Waals surface area (Å²) < 4.78 is 13.6. The number of nitrogens with one attached hydrogen (secondary N) is 1. The van der Waals surface area contributed by atoms with E-state index in [4.69, 9.17) is 19.6 Å². The van der Waals surface area contributed by atoms with Crippen molar-refractivity contribution >= 4 is 23.7 Å². The summed E-state index contributed by atoms with van der Waals surface area (Å²) in [5.74, 6) is 1.88. The molecular weight excluding hydrogens is 460 g/mol. The summed E-state index contributed by atoms with van der Waals surface area (Å²) in [5.41, 5.74) is 3.12. The van der Waals surface area contributed by atoms with E-state index in [0.29, 0.717) is 41.3 Å². The van der Waals surface area contributed by atoms with Crippen LogP contribution in [-0.4, -0.2) is 33.1 Å². The molecular formula is C27H32N4O3S. The van der Waals surface area contributed by atoms with Crippen LogP contribution in [0.25, 0.3) is 0 Å². The number of benzene rings is 2. The molecule has 2 heterocycles. The quantitative estimate of drug-likeness (QED) is 0.200. The van der Waals surface area contributed by atoms with Gasteiger partial charge in [0.25, 0.3) is 0 Å². The second-order valence-electron chi connectivity index (χ2n) is 8.38. The number of para-hydroxylation sites is 1. The maximum absolute atomic E-state index is 13.2. The third-order valence-corrected chi connectivity index (χ3v) is 6.59. The Bertz CT molecular complexity index is 1180. The average Bonchev–Trinajstić information content (AvgIpc) is 3.28. The standard InChI is InChI=1S/C27H32N4O3S/c1-4-6-17-35-27-29-26-28-19(3)23(25(32)33-16-5-2)24(31(26)30-27)21-14-10-11-15-22(21)34-18-20-12-8-7-9-13-20/h7-15,24H,4-6,16-18H2,1-3H3,(H,28,29,30). The fourth-order valence-electron chi connectivity index (χ4n) is 3.90. The third kappa shape index (κ3) is 5.88. The van der Waals surface area contributed by atoms with Crippen LogP contribution >= 0.6 is 11.8 Å². The van der Waals surface area contributed by atoms with E-state index < -0.39 is 6.04 Å². The molecule has 1 unspecified atom stereocenters. The molecule has 1 aromatic heterocycles. The van der Waals surface area contributed by atoms with E-state index >= 15 is 0 Å². The molecule has 8 heteroatoms. The van der Waals surface area contributed by atoms with Crippen molar-refractivity contribution in [2.24, 2.45) is 0 Å². The minimum absolute atomic E-state index is 0.358. The van der Waals surface area contributed by atoms with Crippen molar-refractivity contribution in [1.82, 2.24) is 14.8 Å². The summed E-state index contributed by atoms with van der Waals surface area (Å²) in [6.45, 7) is 6.80. The molecule has 4 rings (SSSR count). The number of rotatable bonds is 11. The number of fused-ring (bicyclic) bond motifs is 1. The van der Waals surface area contributed by atoms with E-state index in [1.165, 1.54) is 0 Å². The maximum atomic E-state index is 13.2. The monoisotopic (exact) mass is 492 g/mol. The lowest BCUT2D eigenvalue weighted by atomic mass is 9.95. The second kappa shape index (κ2) is 11.9. The zero-order valence-electron chi connectivity index (χ0n) is 20.5. The number of carbonyl (C=O) groups is 1. The molecule has 7 nitrogen and oxygen atoms in total. The van der Waals surface area contributed by atoms with Crippen LogP contribution in [0.15, 0.2) is 71.0 Å². The lowest BCUT2D eigenvalue weighted by Gasteiger charge is -2.29. The van der Waals surface area contributed by atoms with E-state index in [-0.39, 0.29) is 5.97 Å². The number of allylic oxidation sites excluding steroid dienone is 1. The van der Waals surface area contributed by atoms with Crippen LogP contribution in [0, 0.1) is 0 Å². The SMILES string of the molecule is CCCCSc1nc2n(n1)C(c1ccccc1OCc1ccccc1)C(C(=O)OCCC)=C(C)N2. The normalized spacial score (nSPS) is 14.9. The van der Waals surface area contributed by atoms with Crippen molar-refractivity contribution in [3.8, 4) is 5.75 Å². The van der Waals surface area contributed by atoms with Gasteiger partial charge in [0.05, 0.1) is 12.2 Å². The first-order valence-corrected chi connectivity index (χ1v) is 13.1. The average molecular weight is 493 g/mol. The Morgan fingerprint density at radius 2 is 1.86 bits per heavy atom. The second-order valence-corrected chi connectivity index (χ2v) is 9.44. The van der Waals surface area contributed by atoms with Crippen molar-refractivity contribution in [3.05, 3.63) is 77.0 Å². The highest BCUT2D eigenvalue weighted by Gasteiger charge is 2.36. The summed E-state index contributed by atoms with van der Waals surface area (Å²) in [5, 5.41) is 8.75. The Kier molecular flexibility index (Phi) is 8.47. The largest absolute Gasteiger partial charge is 0.489 e. The Hall–Kier alpha value is -3.26. The Balaban J connectivity index is 1.73. The van der Waals surface area contributed by atoms with E-state index in [0.717, 1.165) is 36.1 Å². The fraction of sp³-hybridized carbons (Fsp3) is 0.370. The molecule has 35 heavy (non-hydrogen) atoms. The van der Waals surface area contributed by atoms with E-state index in [1.54, 1.807) is 16.4 Å². The first-order valence-electron chi connectivity index (χ1n) is 12.1. The molecule has 1 N–H and O–H groups in total. The smallest absolute Gasteiger partial charge is 0.338 e. The first kappa shape index (κ1) is 24.9. The van der Waals surface area contributed by atoms with Gasteiger partial charge in [-0.25, -0.2) is 9.48 Å². The third-order valence-electron chi connectivity index (χ3n) is 5.67. The molecule has 0 aliphatic carbocycles. The zero-order chi connectivity index (χ0) is 24.6. The Morgan fingerprint density at radius 1 is 1.09 bits per heavy atom. The number of aromatic nitrogens is 3. The number of anilines is 1. The van der Waals surface area contributed by atoms with Gasteiger partial charge in [0.2, 0.25) is 11.1 Å². The van der Waals surface area contributed by atoms with E-state index in [1.807, 2.05) is 68.4 Å². The number of esters is 1. The zero-order valence-corrected chi connectivity index (χ0v) is 21.3. The van der Waals surface area contributed by atoms with Crippen molar-refractivity contribution in [2.75, 3.05) is 17.7 Å². The van der Waals surface area contributed by atoms with Crippen molar-refractivity contribution in [1.29, 1.82) is 0 Å². The van der Waals surface area contributed by atoms with Crippen LogP contribution in [0.5, 0.6) is 5.75 Å². The molecule has 0 amide bonds. The van der Waals surface area contributed by atoms with Crippen LogP contribution in [0.2, 0.25) is 0 Å². The van der Waals surface area contributed by atoms with Gasteiger partial charge >= 0.3 is 5.97 Å². The molecule has 0 radical (unpaired) electrons. The summed E-state index contributed by atoms with van der Waals surface area (Å²) in [6.07, 6.45) is 2.95.